The summed E-state index contributed by atoms with van der Waals surface area (Å²) in [4.78, 5) is 26.0. The largest absolute Gasteiger partial charge is 0.339 e. The van der Waals surface area contributed by atoms with Crippen LogP contribution in [0.25, 0.3) is 11.1 Å². The number of carbonyl (C=O) groups is 1. The molecular weight excluding hydrogens is 538 g/mol. The molecule has 2 saturated heterocycles. The maximum atomic E-state index is 13.3. The van der Waals surface area contributed by atoms with Crippen molar-refractivity contribution in [2.24, 2.45) is 11.7 Å². The van der Waals surface area contributed by atoms with Crippen LogP contribution in [0.5, 0.6) is 0 Å². The lowest BCUT2D eigenvalue weighted by Gasteiger charge is -2.39. The number of hydrogen-bond donors (Lipinski definition) is 1. The van der Waals surface area contributed by atoms with Gasteiger partial charge in [-0.3, -0.25) is 14.7 Å². The topological polar surface area (TPSA) is 65.7 Å². The van der Waals surface area contributed by atoms with E-state index in [1.165, 1.54) is 21.6 Å². The molecule has 2 N–H and O–H groups in total. The molecule has 1 atom stereocenters. The summed E-state index contributed by atoms with van der Waals surface area (Å²) in [6.07, 6.45) is 6.82. The molecule has 2 fully saturated rings. The minimum atomic E-state index is -0.412. The summed E-state index contributed by atoms with van der Waals surface area (Å²) < 4.78 is 0. The average Bonchev–Trinajstić information content (AvgIpc) is 3.01. The Labute approximate surface area is 247 Å². The molecule has 1 aromatic heterocycles. The highest BCUT2D eigenvalue weighted by Gasteiger charge is 2.32. The number of carbonyl (C=O) groups excluding carboxylic acids is 1. The van der Waals surface area contributed by atoms with Gasteiger partial charge < -0.3 is 15.5 Å². The standard InChI is InChI=1S/C32H40ClN5OS/c1-40-30-8-5-14-35-29(30)23-37-18-20-38(21-19-37)32(39)31(34)25-11-15-36(16-12-25)17-13-26-22-27(33)9-10-28(26)24-6-3-2-4-7-24/h2-10,14,22,25,31H,11-13,15-21,23,34H2,1H3/t31-/m1/s1. The van der Waals surface area contributed by atoms with E-state index < -0.39 is 6.04 Å². The maximum absolute atomic E-state index is 13.3. The molecule has 2 aromatic carbocycles. The summed E-state index contributed by atoms with van der Waals surface area (Å²) in [5, 5.41) is 0.778. The van der Waals surface area contributed by atoms with Gasteiger partial charge in [-0.1, -0.05) is 48.0 Å². The molecule has 1 amide bonds. The second-order valence-electron chi connectivity index (χ2n) is 10.9. The summed E-state index contributed by atoms with van der Waals surface area (Å²) in [6.45, 7) is 6.93. The molecule has 3 heterocycles. The van der Waals surface area contributed by atoms with E-state index in [0.29, 0.717) is 0 Å². The van der Waals surface area contributed by atoms with Crippen LogP contribution in [0.3, 0.4) is 0 Å². The van der Waals surface area contributed by atoms with Crippen molar-refractivity contribution in [1.82, 2.24) is 19.7 Å². The van der Waals surface area contributed by atoms with Crippen LogP contribution in [-0.2, 0) is 17.8 Å². The van der Waals surface area contributed by atoms with Gasteiger partial charge in [-0.05, 0) is 85.5 Å². The summed E-state index contributed by atoms with van der Waals surface area (Å²) in [5.74, 6) is 0.359. The second kappa shape index (κ2) is 14.0. The predicted molar refractivity (Wildman–Crippen MR) is 166 cm³/mol. The molecule has 40 heavy (non-hydrogen) atoms. The monoisotopic (exact) mass is 577 g/mol. The van der Waals surface area contributed by atoms with E-state index in [1.807, 2.05) is 29.3 Å². The van der Waals surface area contributed by atoms with Crippen LogP contribution in [-0.4, -0.2) is 83.7 Å². The molecule has 2 aliphatic rings. The van der Waals surface area contributed by atoms with E-state index in [2.05, 4.69) is 63.5 Å². The van der Waals surface area contributed by atoms with Gasteiger partial charge in [0.2, 0.25) is 5.91 Å². The molecule has 0 radical (unpaired) electrons. The molecule has 0 unspecified atom stereocenters. The Morgan fingerprint density at radius 3 is 2.48 bits per heavy atom. The van der Waals surface area contributed by atoms with Gasteiger partial charge in [-0.25, -0.2) is 0 Å². The molecule has 5 rings (SSSR count). The first-order valence-corrected chi connectivity index (χ1v) is 15.9. The number of thioether (sulfide) groups is 1. The number of aromatic nitrogens is 1. The lowest BCUT2D eigenvalue weighted by atomic mass is 9.88. The van der Waals surface area contributed by atoms with Gasteiger partial charge in [0, 0.05) is 55.4 Å². The Hall–Kier alpha value is -2.42. The lowest BCUT2D eigenvalue weighted by molar-refractivity contribution is -0.136. The van der Waals surface area contributed by atoms with Crippen molar-refractivity contribution < 1.29 is 4.79 Å². The van der Waals surface area contributed by atoms with Crippen molar-refractivity contribution in [2.45, 2.75) is 36.7 Å². The molecular formula is C32H40ClN5OS. The number of piperidine rings is 1. The molecule has 0 spiro atoms. The van der Waals surface area contributed by atoms with Crippen LogP contribution < -0.4 is 5.73 Å². The highest BCUT2D eigenvalue weighted by atomic mass is 35.5. The zero-order valence-electron chi connectivity index (χ0n) is 23.3. The van der Waals surface area contributed by atoms with Crippen molar-refractivity contribution >= 4 is 29.3 Å². The van der Waals surface area contributed by atoms with Crippen molar-refractivity contribution in [2.75, 3.05) is 52.1 Å². The maximum Gasteiger partial charge on any atom is 0.239 e. The molecule has 212 valence electrons. The number of benzene rings is 2. The minimum absolute atomic E-state index is 0.118. The SMILES string of the molecule is CSc1cccnc1CN1CCN(C(=O)[C@H](N)C2CCN(CCc3cc(Cl)ccc3-c3ccccc3)CC2)CC1. The normalized spacial score (nSPS) is 18.1. The quantitative estimate of drug-likeness (QED) is 0.359. The fourth-order valence-corrected chi connectivity index (χ4v) is 6.72. The van der Waals surface area contributed by atoms with E-state index in [1.54, 1.807) is 11.8 Å². The number of rotatable bonds is 9. The van der Waals surface area contributed by atoms with Crippen molar-refractivity contribution in [1.29, 1.82) is 0 Å². The fraction of sp³-hybridized carbons (Fsp3) is 0.438. The smallest absolute Gasteiger partial charge is 0.239 e. The van der Waals surface area contributed by atoms with Crippen LogP contribution >= 0.6 is 23.4 Å². The van der Waals surface area contributed by atoms with Crippen molar-refractivity contribution in [3.63, 3.8) is 0 Å². The highest BCUT2D eigenvalue weighted by Crippen LogP contribution is 2.28. The van der Waals surface area contributed by atoms with E-state index in [0.717, 1.165) is 82.3 Å². The highest BCUT2D eigenvalue weighted by molar-refractivity contribution is 7.98. The Balaban J connectivity index is 1.08. The number of amides is 1. The van der Waals surface area contributed by atoms with E-state index in [-0.39, 0.29) is 11.8 Å². The molecule has 0 aliphatic carbocycles. The number of likely N-dealkylation sites (tertiary alicyclic amines) is 1. The van der Waals surface area contributed by atoms with Crippen LogP contribution in [0, 0.1) is 5.92 Å². The third-order valence-corrected chi connectivity index (χ3v) is 9.45. The predicted octanol–water partition coefficient (Wildman–Crippen LogP) is 5.05. The van der Waals surface area contributed by atoms with E-state index in [4.69, 9.17) is 17.3 Å². The number of pyridine rings is 1. The third-order valence-electron chi connectivity index (χ3n) is 8.40. The molecule has 0 bridgehead atoms. The van der Waals surface area contributed by atoms with Gasteiger partial charge in [0.05, 0.1) is 11.7 Å². The van der Waals surface area contributed by atoms with Gasteiger partial charge in [-0.2, -0.15) is 0 Å². The number of hydrogen-bond acceptors (Lipinski definition) is 6. The Bertz CT molecular complexity index is 1260. The van der Waals surface area contributed by atoms with Gasteiger partial charge >= 0.3 is 0 Å². The summed E-state index contributed by atoms with van der Waals surface area (Å²) >= 11 is 8.09. The summed E-state index contributed by atoms with van der Waals surface area (Å²) in [6, 6.07) is 20.4. The van der Waals surface area contributed by atoms with Gasteiger partial charge in [0.15, 0.2) is 0 Å². The van der Waals surface area contributed by atoms with Crippen LogP contribution in [0.1, 0.15) is 24.1 Å². The zero-order chi connectivity index (χ0) is 27.9. The number of nitrogens with zero attached hydrogens (tertiary/aromatic N) is 4. The van der Waals surface area contributed by atoms with Crippen molar-refractivity contribution in [3.8, 4) is 11.1 Å². The van der Waals surface area contributed by atoms with Crippen LogP contribution in [0.15, 0.2) is 71.8 Å². The first-order valence-electron chi connectivity index (χ1n) is 14.3. The first-order chi connectivity index (χ1) is 19.5. The van der Waals surface area contributed by atoms with Gasteiger partial charge in [-0.15, -0.1) is 11.8 Å². The van der Waals surface area contributed by atoms with E-state index in [9.17, 15) is 4.79 Å². The number of halogens is 1. The van der Waals surface area contributed by atoms with E-state index >= 15 is 0 Å². The first kappa shape index (κ1) is 29.1. The Morgan fingerprint density at radius 1 is 1.00 bits per heavy atom. The van der Waals surface area contributed by atoms with Crippen molar-refractivity contribution in [3.05, 3.63) is 83.1 Å². The van der Waals surface area contributed by atoms with Crippen LogP contribution in [0.2, 0.25) is 5.02 Å². The van der Waals surface area contributed by atoms with Gasteiger partial charge in [0.25, 0.3) is 0 Å². The Morgan fingerprint density at radius 2 is 1.75 bits per heavy atom. The Kier molecular flexibility index (Phi) is 10.2. The second-order valence-corrected chi connectivity index (χ2v) is 12.2. The molecule has 0 saturated carbocycles. The zero-order valence-corrected chi connectivity index (χ0v) is 24.9. The van der Waals surface area contributed by atoms with Crippen LogP contribution in [0.4, 0.5) is 0 Å². The lowest BCUT2D eigenvalue weighted by Crippen LogP contribution is -2.55. The fourth-order valence-electron chi connectivity index (χ4n) is 5.96. The molecule has 6 nitrogen and oxygen atoms in total. The third kappa shape index (κ3) is 7.25. The number of nitrogens with two attached hydrogens (primary N) is 1. The molecule has 3 aromatic rings. The summed E-state index contributed by atoms with van der Waals surface area (Å²) in [5.41, 5.74) is 11.4. The van der Waals surface area contributed by atoms with Gasteiger partial charge in [0.1, 0.15) is 0 Å². The molecule has 2 aliphatic heterocycles. The number of piperazine rings is 1. The summed E-state index contributed by atoms with van der Waals surface area (Å²) in [7, 11) is 0. The molecule has 8 heteroatoms. The minimum Gasteiger partial charge on any atom is -0.339 e. The average molecular weight is 578 g/mol.